The maximum atomic E-state index is 14.4. The topological polar surface area (TPSA) is 161 Å². The van der Waals surface area contributed by atoms with Crippen LogP contribution >= 0.6 is 11.6 Å². The highest BCUT2D eigenvalue weighted by atomic mass is 35.5. The van der Waals surface area contributed by atoms with E-state index in [4.69, 9.17) is 16.3 Å². The predicted octanol–water partition coefficient (Wildman–Crippen LogP) is 1.42. The quantitative estimate of drug-likeness (QED) is 0.283. The minimum Gasteiger partial charge on any atom is -0.450 e. The van der Waals surface area contributed by atoms with Gasteiger partial charge in [-0.15, -0.1) is 11.6 Å². The number of carbonyl (C=O) groups is 6. The fraction of sp³-hybridized carbons (Fsp3) is 0.824. The molecule has 4 saturated heterocycles. The van der Waals surface area contributed by atoms with Crippen molar-refractivity contribution in [3.05, 3.63) is 0 Å². The number of amides is 5. The Labute approximate surface area is 295 Å². The van der Waals surface area contributed by atoms with Gasteiger partial charge in [-0.1, -0.05) is 54.9 Å². The molecule has 9 atom stereocenters. The highest BCUT2D eigenvalue weighted by Crippen LogP contribution is 2.29. The molecule has 0 saturated carbocycles. The molecule has 9 unspecified atom stereocenters. The van der Waals surface area contributed by atoms with Crippen LogP contribution in [0.4, 0.5) is 0 Å². The smallest absolute Gasteiger partial charge is 0.329 e. The van der Waals surface area contributed by atoms with E-state index in [2.05, 4.69) is 16.2 Å². The SMILES string of the molecule is CCC(C)C1NC(=O)C2CC(C)CN2C(=O)C(CC(C)C)N(C)C(=O)C2CCCNN2C(=O)C2CC(Cl)CNN2C(=O)C(C(C)C)OC1=O. The first kappa shape index (κ1) is 38.8. The van der Waals surface area contributed by atoms with Gasteiger partial charge in [0.1, 0.15) is 30.2 Å². The third-order valence-electron chi connectivity index (χ3n) is 10.3. The van der Waals surface area contributed by atoms with Gasteiger partial charge in [-0.05, 0) is 55.8 Å². The summed E-state index contributed by atoms with van der Waals surface area (Å²) in [5.41, 5.74) is 6.05. The van der Waals surface area contributed by atoms with Crippen LogP contribution in [0.25, 0.3) is 0 Å². The lowest BCUT2D eigenvalue weighted by molar-refractivity contribution is -0.174. The molecule has 49 heavy (non-hydrogen) atoms. The number of hydrazine groups is 2. The van der Waals surface area contributed by atoms with Gasteiger partial charge in [0.2, 0.25) is 17.7 Å². The number of halogens is 1. The van der Waals surface area contributed by atoms with Gasteiger partial charge in [0.15, 0.2) is 6.10 Å². The second-order valence-corrected chi connectivity index (χ2v) is 15.7. The maximum absolute atomic E-state index is 14.4. The summed E-state index contributed by atoms with van der Waals surface area (Å²) in [7, 11) is 1.58. The Kier molecular flexibility index (Phi) is 13.0. The first-order chi connectivity index (χ1) is 23.1. The van der Waals surface area contributed by atoms with E-state index in [1.165, 1.54) is 19.8 Å². The van der Waals surface area contributed by atoms with Gasteiger partial charge in [-0.25, -0.2) is 15.6 Å². The van der Waals surface area contributed by atoms with Crippen LogP contribution in [0.5, 0.6) is 0 Å². The summed E-state index contributed by atoms with van der Waals surface area (Å²) in [4.78, 5) is 88.2. The Balaban J connectivity index is 1.84. The lowest BCUT2D eigenvalue weighted by atomic mass is 9.96. The summed E-state index contributed by atoms with van der Waals surface area (Å²) in [6.07, 6.45) is 1.02. The largest absolute Gasteiger partial charge is 0.450 e. The van der Waals surface area contributed by atoms with Crippen LogP contribution in [0.1, 0.15) is 87.0 Å². The van der Waals surface area contributed by atoms with Gasteiger partial charge in [-0.3, -0.25) is 34.0 Å². The molecule has 0 aliphatic carbocycles. The average Bonchev–Trinajstić information content (AvgIpc) is 3.47. The van der Waals surface area contributed by atoms with E-state index >= 15 is 0 Å². The van der Waals surface area contributed by atoms with E-state index < -0.39 is 77.2 Å². The Bertz CT molecular complexity index is 1270. The fourth-order valence-electron chi connectivity index (χ4n) is 7.26. The molecule has 0 aromatic heterocycles. The van der Waals surface area contributed by atoms with E-state index in [9.17, 15) is 28.8 Å². The van der Waals surface area contributed by atoms with Crippen molar-refractivity contribution in [3.8, 4) is 0 Å². The number of alkyl halides is 1. The molecule has 3 N–H and O–H groups in total. The van der Waals surface area contributed by atoms with Gasteiger partial charge in [0, 0.05) is 26.7 Å². The molecule has 5 amide bonds. The van der Waals surface area contributed by atoms with Gasteiger partial charge < -0.3 is 19.9 Å². The number of carbonyl (C=O) groups excluding carboxylic acids is 6. The molecule has 4 fully saturated rings. The molecule has 4 rings (SSSR count). The molecule has 0 aromatic carbocycles. The standard InChI is InChI=1S/C34H56ClN7O7/c1-9-21(7)27-34(48)49-28(19(4)5)33(47)42-26(15-22(35)16-37-42)32(46)41-23(11-10-12-36-41)30(44)39(8)25(13-18(2)3)31(45)40-17-20(6)14-24(40)29(43)38-27/h18-28,36-37H,9-17H2,1-8H3,(H,38,43). The van der Waals surface area contributed by atoms with E-state index in [-0.39, 0.29) is 36.6 Å². The first-order valence-corrected chi connectivity index (χ1v) is 18.4. The number of ether oxygens (including phenoxy) is 1. The molecule has 4 aliphatic heterocycles. The zero-order chi connectivity index (χ0) is 36.3. The Morgan fingerprint density at radius 2 is 1.55 bits per heavy atom. The summed E-state index contributed by atoms with van der Waals surface area (Å²) in [5, 5.41) is 4.85. The first-order valence-electron chi connectivity index (χ1n) is 17.9. The Morgan fingerprint density at radius 3 is 2.18 bits per heavy atom. The lowest BCUT2D eigenvalue weighted by Gasteiger charge is -2.45. The summed E-state index contributed by atoms with van der Waals surface area (Å²) in [5.74, 6) is -3.98. The van der Waals surface area contributed by atoms with Crippen LogP contribution in [-0.4, -0.2) is 124 Å². The van der Waals surface area contributed by atoms with Crippen molar-refractivity contribution in [3.63, 3.8) is 0 Å². The zero-order valence-electron chi connectivity index (χ0n) is 30.2. The number of fused-ring (bicyclic) bond motifs is 3. The highest BCUT2D eigenvalue weighted by molar-refractivity contribution is 6.21. The maximum Gasteiger partial charge on any atom is 0.329 e. The third-order valence-corrected chi connectivity index (χ3v) is 10.6. The van der Waals surface area contributed by atoms with Gasteiger partial charge in [0.25, 0.3) is 11.8 Å². The molecule has 0 bridgehead atoms. The zero-order valence-corrected chi connectivity index (χ0v) is 31.0. The van der Waals surface area contributed by atoms with Crippen molar-refractivity contribution in [2.75, 3.05) is 26.7 Å². The van der Waals surface area contributed by atoms with Crippen LogP contribution in [0.2, 0.25) is 0 Å². The summed E-state index contributed by atoms with van der Waals surface area (Å²) >= 11 is 6.53. The lowest BCUT2D eigenvalue weighted by Crippen LogP contribution is -2.69. The average molecular weight is 710 g/mol. The van der Waals surface area contributed by atoms with Crippen LogP contribution in [0.3, 0.4) is 0 Å². The number of rotatable bonds is 5. The second-order valence-electron chi connectivity index (χ2n) is 15.1. The molecule has 4 aliphatic rings. The minimum atomic E-state index is -1.29. The number of hydrogen-bond acceptors (Lipinski definition) is 9. The van der Waals surface area contributed by atoms with Crippen LogP contribution in [0, 0.1) is 23.7 Å². The van der Waals surface area contributed by atoms with E-state index in [1.54, 1.807) is 20.9 Å². The number of hydrogen-bond donors (Lipinski definition) is 3. The van der Waals surface area contributed by atoms with E-state index in [0.717, 1.165) is 0 Å². The third kappa shape index (κ3) is 8.50. The number of nitrogens with one attached hydrogen (secondary N) is 3. The van der Waals surface area contributed by atoms with Crippen molar-refractivity contribution >= 4 is 47.1 Å². The number of esters is 1. The van der Waals surface area contributed by atoms with E-state index in [1.807, 2.05) is 34.6 Å². The second kappa shape index (κ2) is 16.4. The normalized spacial score (nSPS) is 33.5. The summed E-state index contributed by atoms with van der Waals surface area (Å²) in [6.45, 7) is 14.0. The van der Waals surface area contributed by atoms with Crippen LogP contribution in [-0.2, 0) is 33.5 Å². The molecule has 15 heteroatoms. The monoisotopic (exact) mass is 709 g/mol. The Hall–Kier alpha value is -2.97. The summed E-state index contributed by atoms with van der Waals surface area (Å²) < 4.78 is 5.92. The van der Waals surface area contributed by atoms with Crippen molar-refractivity contribution < 1.29 is 33.5 Å². The van der Waals surface area contributed by atoms with Gasteiger partial charge >= 0.3 is 5.97 Å². The van der Waals surface area contributed by atoms with Crippen LogP contribution in [0.15, 0.2) is 0 Å². The van der Waals surface area contributed by atoms with Crippen molar-refractivity contribution in [1.29, 1.82) is 0 Å². The van der Waals surface area contributed by atoms with Crippen molar-refractivity contribution in [2.45, 2.75) is 129 Å². The molecule has 0 spiro atoms. The molecule has 0 aromatic rings. The number of cyclic esters (lactones) is 1. The van der Waals surface area contributed by atoms with Crippen molar-refractivity contribution in [2.24, 2.45) is 23.7 Å². The minimum absolute atomic E-state index is 0.00206. The molecule has 0 radical (unpaired) electrons. The number of nitrogens with zero attached hydrogens (tertiary/aromatic N) is 4. The molecule has 276 valence electrons. The highest BCUT2D eigenvalue weighted by Gasteiger charge is 2.48. The van der Waals surface area contributed by atoms with Gasteiger partial charge in [0.05, 0.1) is 5.38 Å². The molecular formula is C34H56ClN7O7. The fourth-order valence-corrected chi connectivity index (χ4v) is 7.49. The van der Waals surface area contributed by atoms with E-state index in [0.29, 0.717) is 45.2 Å². The molecular weight excluding hydrogens is 654 g/mol. The predicted molar refractivity (Wildman–Crippen MR) is 182 cm³/mol. The summed E-state index contributed by atoms with van der Waals surface area (Å²) in [6, 6.07) is -4.91. The van der Waals surface area contributed by atoms with Gasteiger partial charge in [-0.2, -0.15) is 0 Å². The number of likely N-dealkylation sites (N-methyl/N-ethyl adjacent to an activating group) is 1. The van der Waals surface area contributed by atoms with Crippen LogP contribution < -0.4 is 16.2 Å². The Morgan fingerprint density at radius 1 is 0.878 bits per heavy atom. The molecule has 4 heterocycles. The van der Waals surface area contributed by atoms with Crippen molar-refractivity contribution in [1.82, 2.24) is 36.0 Å². The molecule has 14 nitrogen and oxygen atoms in total.